The molecule has 0 aliphatic heterocycles. The van der Waals surface area contributed by atoms with Crippen LogP contribution >= 0.6 is 24.0 Å². The molecule has 0 aromatic carbocycles. The lowest BCUT2D eigenvalue weighted by atomic mass is 9.87. The minimum atomic E-state index is 0.423. The number of thiophene rings is 1. The molecule has 1 aromatic rings. The molecule has 3 unspecified atom stereocenters. The topological polar surface area (TPSA) is 0 Å². The maximum Gasteiger partial charge on any atom is 0.0333 e. The van der Waals surface area contributed by atoms with Crippen LogP contribution in [0.2, 0.25) is 0 Å². The monoisotopic (exact) mass is 224 g/mol. The summed E-state index contributed by atoms with van der Waals surface area (Å²) in [4.78, 5) is 3.19. The van der Waals surface area contributed by atoms with Gasteiger partial charge in [0, 0.05) is 15.0 Å². The van der Waals surface area contributed by atoms with Crippen molar-refractivity contribution in [1.82, 2.24) is 0 Å². The van der Waals surface area contributed by atoms with Crippen molar-refractivity contribution < 1.29 is 0 Å². The first-order valence-electron chi connectivity index (χ1n) is 5.57. The zero-order valence-corrected chi connectivity index (χ0v) is 10.2. The van der Waals surface area contributed by atoms with Gasteiger partial charge in [0.15, 0.2) is 0 Å². The fourth-order valence-electron chi connectivity index (χ4n) is 2.99. The lowest BCUT2D eigenvalue weighted by molar-refractivity contribution is 0.436. The molecular formula is C12H16S2. The molecule has 0 amide bonds. The van der Waals surface area contributed by atoms with Crippen molar-refractivity contribution in [3.05, 3.63) is 21.4 Å². The molecule has 3 atom stereocenters. The third kappa shape index (κ3) is 1.27. The van der Waals surface area contributed by atoms with Crippen LogP contribution in [0.5, 0.6) is 0 Å². The van der Waals surface area contributed by atoms with Gasteiger partial charge in [0.2, 0.25) is 0 Å². The molecule has 2 aliphatic rings. The minimum absolute atomic E-state index is 0.423. The fourth-order valence-corrected chi connectivity index (χ4v) is 4.56. The van der Waals surface area contributed by atoms with Crippen LogP contribution in [0.1, 0.15) is 65.0 Å². The van der Waals surface area contributed by atoms with E-state index in [0.29, 0.717) is 5.25 Å². The van der Waals surface area contributed by atoms with E-state index < -0.39 is 0 Å². The Hall–Kier alpha value is 0.0500. The Balaban J connectivity index is 2.03. The average molecular weight is 224 g/mol. The second-order valence-electron chi connectivity index (χ2n) is 4.70. The SMILES string of the molecule is CC(S)c1cc2c(s1)C1CCCC2C1. The normalized spacial score (nSPS) is 31.6. The van der Waals surface area contributed by atoms with Gasteiger partial charge in [-0.2, -0.15) is 12.6 Å². The van der Waals surface area contributed by atoms with Gasteiger partial charge < -0.3 is 0 Å². The molecule has 0 saturated heterocycles. The van der Waals surface area contributed by atoms with Crippen LogP contribution in [0.25, 0.3) is 0 Å². The van der Waals surface area contributed by atoms with E-state index >= 15 is 0 Å². The van der Waals surface area contributed by atoms with Gasteiger partial charge in [-0.15, -0.1) is 11.3 Å². The number of hydrogen-bond donors (Lipinski definition) is 1. The lowest BCUT2D eigenvalue weighted by Gasteiger charge is -2.19. The summed E-state index contributed by atoms with van der Waals surface area (Å²) in [6.45, 7) is 2.18. The van der Waals surface area contributed by atoms with Gasteiger partial charge in [-0.25, -0.2) is 0 Å². The van der Waals surface area contributed by atoms with Crippen molar-refractivity contribution in [3.8, 4) is 0 Å². The third-order valence-electron chi connectivity index (χ3n) is 3.71. The summed E-state index contributed by atoms with van der Waals surface area (Å²) >= 11 is 6.56. The van der Waals surface area contributed by atoms with Crippen LogP contribution in [0, 0.1) is 0 Å². The van der Waals surface area contributed by atoms with Crippen molar-refractivity contribution in [3.63, 3.8) is 0 Å². The van der Waals surface area contributed by atoms with E-state index in [9.17, 15) is 0 Å². The summed E-state index contributed by atoms with van der Waals surface area (Å²) in [6.07, 6.45) is 5.76. The van der Waals surface area contributed by atoms with Gasteiger partial charge >= 0.3 is 0 Å². The van der Waals surface area contributed by atoms with E-state index in [0.717, 1.165) is 11.8 Å². The van der Waals surface area contributed by atoms with Gasteiger partial charge in [0.25, 0.3) is 0 Å². The molecule has 2 heteroatoms. The van der Waals surface area contributed by atoms with Crippen molar-refractivity contribution >= 4 is 24.0 Å². The predicted molar refractivity (Wildman–Crippen MR) is 65.7 cm³/mol. The highest BCUT2D eigenvalue weighted by atomic mass is 32.1. The van der Waals surface area contributed by atoms with Crippen molar-refractivity contribution in [2.24, 2.45) is 0 Å². The quantitative estimate of drug-likeness (QED) is 0.667. The molecule has 0 spiro atoms. The number of hydrogen-bond acceptors (Lipinski definition) is 2. The number of thiol groups is 1. The van der Waals surface area contributed by atoms with Gasteiger partial charge in [-0.05, 0) is 49.7 Å². The molecule has 3 rings (SSSR count). The highest BCUT2D eigenvalue weighted by Gasteiger charge is 2.36. The Morgan fingerprint density at radius 3 is 3.00 bits per heavy atom. The molecule has 1 saturated carbocycles. The summed E-state index contributed by atoms with van der Waals surface area (Å²) in [6, 6.07) is 2.44. The van der Waals surface area contributed by atoms with Gasteiger partial charge in [-0.1, -0.05) is 6.42 Å². The Labute approximate surface area is 95.1 Å². The third-order valence-corrected chi connectivity index (χ3v) is 5.66. The largest absolute Gasteiger partial charge is 0.171 e. The molecular weight excluding hydrogens is 208 g/mol. The smallest absolute Gasteiger partial charge is 0.0333 e. The number of fused-ring (bicyclic) bond motifs is 5. The van der Waals surface area contributed by atoms with E-state index in [4.69, 9.17) is 0 Å². The molecule has 2 bridgehead atoms. The Bertz CT molecular complexity index is 324. The molecule has 1 aromatic heterocycles. The first kappa shape index (κ1) is 9.29. The second kappa shape index (κ2) is 3.28. The van der Waals surface area contributed by atoms with Gasteiger partial charge in [0.1, 0.15) is 0 Å². The molecule has 1 fully saturated rings. The lowest BCUT2D eigenvalue weighted by Crippen LogP contribution is -2.02. The fraction of sp³-hybridized carbons (Fsp3) is 0.667. The predicted octanol–water partition coefficient (Wildman–Crippen LogP) is 4.49. The summed E-state index contributed by atoms with van der Waals surface area (Å²) in [7, 11) is 0. The summed E-state index contributed by atoms with van der Waals surface area (Å²) in [5, 5.41) is 0.423. The van der Waals surface area contributed by atoms with Crippen LogP contribution in [0.4, 0.5) is 0 Å². The summed E-state index contributed by atoms with van der Waals surface area (Å²) in [5.41, 5.74) is 1.69. The van der Waals surface area contributed by atoms with Crippen LogP contribution < -0.4 is 0 Å². The summed E-state index contributed by atoms with van der Waals surface area (Å²) < 4.78 is 0. The van der Waals surface area contributed by atoms with Crippen LogP contribution in [0.15, 0.2) is 6.07 Å². The maximum absolute atomic E-state index is 4.53. The van der Waals surface area contributed by atoms with Crippen LogP contribution in [-0.4, -0.2) is 0 Å². The van der Waals surface area contributed by atoms with E-state index in [2.05, 4.69) is 25.6 Å². The first-order chi connectivity index (χ1) is 6.75. The van der Waals surface area contributed by atoms with E-state index in [-0.39, 0.29) is 0 Å². The number of rotatable bonds is 1. The highest BCUT2D eigenvalue weighted by molar-refractivity contribution is 7.80. The molecule has 14 heavy (non-hydrogen) atoms. The molecule has 2 aliphatic carbocycles. The second-order valence-corrected chi connectivity index (χ2v) is 6.59. The van der Waals surface area contributed by atoms with Crippen LogP contribution in [0.3, 0.4) is 0 Å². The van der Waals surface area contributed by atoms with Crippen molar-refractivity contribution in [1.29, 1.82) is 0 Å². The molecule has 1 heterocycles. The molecule has 76 valence electrons. The standard InChI is InChI=1S/C12H16S2/c1-7(13)11-6-10-8-3-2-4-9(5-8)12(10)14-11/h6-9,13H,2-5H2,1H3. The highest BCUT2D eigenvalue weighted by Crippen LogP contribution is 2.54. The van der Waals surface area contributed by atoms with Gasteiger partial charge in [-0.3, -0.25) is 0 Å². The van der Waals surface area contributed by atoms with Crippen LogP contribution in [-0.2, 0) is 0 Å². The first-order valence-corrected chi connectivity index (χ1v) is 6.90. The Kier molecular flexibility index (Phi) is 2.17. The Morgan fingerprint density at radius 2 is 2.21 bits per heavy atom. The summed E-state index contributed by atoms with van der Waals surface area (Å²) in [5.74, 6) is 1.82. The average Bonchev–Trinajstić information content (AvgIpc) is 2.69. The zero-order chi connectivity index (χ0) is 9.71. The minimum Gasteiger partial charge on any atom is -0.171 e. The van der Waals surface area contributed by atoms with Crippen molar-refractivity contribution in [2.45, 2.75) is 49.7 Å². The van der Waals surface area contributed by atoms with E-state index in [1.165, 1.54) is 30.6 Å². The zero-order valence-electron chi connectivity index (χ0n) is 8.49. The van der Waals surface area contributed by atoms with E-state index in [1.54, 1.807) is 10.4 Å². The van der Waals surface area contributed by atoms with Gasteiger partial charge in [0.05, 0.1) is 0 Å². The molecule has 0 N–H and O–H groups in total. The van der Waals surface area contributed by atoms with Crippen molar-refractivity contribution in [2.75, 3.05) is 0 Å². The van der Waals surface area contributed by atoms with E-state index in [1.807, 2.05) is 11.3 Å². The Morgan fingerprint density at radius 1 is 1.43 bits per heavy atom. The molecule has 0 radical (unpaired) electrons. The maximum atomic E-state index is 4.53. The molecule has 0 nitrogen and oxygen atoms in total.